The van der Waals surface area contributed by atoms with Crippen LogP contribution in [0, 0.1) is 0 Å². The van der Waals surface area contributed by atoms with Gasteiger partial charge < -0.3 is 28.4 Å². The Labute approximate surface area is 192 Å². The Morgan fingerprint density at radius 3 is 1.67 bits per heavy atom. The van der Waals surface area contributed by atoms with Crippen LogP contribution in [0.25, 0.3) is 0 Å². The van der Waals surface area contributed by atoms with Gasteiger partial charge in [-0.25, -0.2) is 9.59 Å². The zero-order valence-corrected chi connectivity index (χ0v) is 18.6. The van der Waals surface area contributed by atoms with Crippen LogP contribution in [0.2, 0.25) is 0 Å². The van der Waals surface area contributed by atoms with Gasteiger partial charge in [0.25, 0.3) is 0 Å². The van der Waals surface area contributed by atoms with Gasteiger partial charge in [-0.3, -0.25) is 4.79 Å². The second-order valence-electron chi connectivity index (χ2n) is 8.53. The fourth-order valence-electron chi connectivity index (χ4n) is 4.11. The molecule has 33 heavy (non-hydrogen) atoms. The minimum absolute atomic E-state index is 0.0774. The van der Waals surface area contributed by atoms with Crippen LogP contribution in [0.1, 0.15) is 65.7 Å². The second kappa shape index (κ2) is 11.6. The normalized spacial score (nSPS) is 24.5. The summed E-state index contributed by atoms with van der Waals surface area (Å²) in [5.74, 6) is -1.68. The van der Waals surface area contributed by atoms with Crippen LogP contribution in [-0.4, -0.2) is 69.3 Å². The molecule has 0 bridgehead atoms. The number of ether oxygens (including phenoxy) is 6. The molecule has 9 heteroatoms. The van der Waals surface area contributed by atoms with Crippen molar-refractivity contribution in [2.24, 2.45) is 0 Å². The number of carbonyl (C=O) groups is 3. The van der Waals surface area contributed by atoms with Gasteiger partial charge in [0.1, 0.15) is 19.0 Å². The van der Waals surface area contributed by atoms with Gasteiger partial charge in [0.2, 0.25) is 0 Å². The van der Waals surface area contributed by atoms with Gasteiger partial charge in [0.05, 0.1) is 35.9 Å². The number of benzene rings is 1. The van der Waals surface area contributed by atoms with E-state index in [0.29, 0.717) is 19.8 Å². The molecule has 3 heterocycles. The van der Waals surface area contributed by atoms with Crippen molar-refractivity contribution in [2.75, 3.05) is 33.0 Å². The van der Waals surface area contributed by atoms with E-state index in [1.807, 2.05) is 0 Å². The molecule has 0 radical (unpaired) electrons. The quantitative estimate of drug-likeness (QED) is 0.404. The van der Waals surface area contributed by atoms with Gasteiger partial charge in [-0.15, -0.1) is 0 Å². The maximum absolute atomic E-state index is 12.6. The van der Waals surface area contributed by atoms with Crippen LogP contribution < -0.4 is 4.74 Å². The summed E-state index contributed by atoms with van der Waals surface area (Å²) in [6.45, 7) is 2.18. The lowest BCUT2D eigenvalue weighted by atomic mass is 10.1. The van der Waals surface area contributed by atoms with Gasteiger partial charge in [0.15, 0.2) is 0 Å². The second-order valence-corrected chi connectivity index (χ2v) is 8.53. The average molecular weight is 462 g/mol. The molecule has 0 aliphatic carbocycles. The molecule has 4 rings (SSSR count). The van der Waals surface area contributed by atoms with E-state index in [1.165, 1.54) is 18.2 Å². The largest absolute Gasteiger partial charge is 0.459 e. The zero-order valence-electron chi connectivity index (χ0n) is 18.6. The monoisotopic (exact) mass is 462 g/mol. The summed E-state index contributed by atoms with van der Waals surface area (Å²) in [4.78, 5) is 37.7. The maximum Gasteiger partial charge on any atom is 0.338 e. The zero-order chi connectivity index (χ0) is 23.0. The van der Waals surface area contributed by atoms with Crippen molar-refractivity contribution in [1.82, 2.24) is 0 Å². The summed E-state index contributed by atoms with van der Waals surface area (Å²) in [6.07, 6.45) is 4.90. The molecule has 0 N–H and O–H groups in total. The number of rotatable bonds is 9. The van der Waals surface area contributed by atoms with Crippen molar-refractivity contribution >= 4 is 17.9 Å². The molecule has 180 valence electrons. The number of carbonyl (C=O) groups excluding carboxylic acids is 3. The van der Waals surface area contributed by atoms with E-state index in [9.17, 15) is 14.4 Å². The van der Waals surface area contributed by atoms with Gasteiger partial charge in [-0.05, 0) is 56.7 Å². The van der Waals surface area contributed by atoms with E-state index >= 15 is 0 Å². The highest BCUT2D eigenvalue weighted by Gasteiger charge is 2.24. The minimum Gasteiger partial charge on any atom is -0.459 e. The van der Waals surface area contributed by atoms with Crippen molar-refractivity contribution in [2.45, 2.75) is 63.3 Å². The highest BCUT2D eigenvalue weighted by atomic mass is 16.6. The Morgan fingerprint density at radius 1 is 0.727 bits per heavy atom. The summed E-state index contributed by atoms with van der Waals surface area (Å²) >= 11 is 0. The van der Waals surface area contributed by atoms with E-state index in [-0.39, 0.29) is 54.8 Å². The Morgan fingerprint density at radius 2 is 1.21 bits per heavy atom. The van der Waals surface area contributed by atoms with Gasteiger partial charge in [-0.1, -0.05) is 0 Å². The molecule has 1 aromatic carbocycles. The summed E-state index contributed by atoms with van der Waals surface area (Å²) in [7, 11) is 0. The molecule has 0 saturated carbocycles. The predicted molar refractivity (Wildman–Crippen MR) is 114 cm³/mol. The first-order valence-electron chi connectivity index (χ1n) is 11.6. The molecule has 0 amide bonds. The summed E-state index contributed by atoms with van der Waals surface area (Å²) < 4.78 is 32.6. The first kappa shape index (κ1) is 23.7. The lowest BCUT2D eigenvalue weighted by Gasteiger charge is -2.14. The van der Waals surface area contributed by atoms with Gasteiger partial charge in [0, 0.05) is 19.8 Å². The molecule has 3 aliphatic rings. The minimum atomic E-state index is -0.629. The Bertz CT molecular complexity index is 784. The van der Waals surface area contributed by atoms with Crippen molar-refractivity contribution in [3.8, 4) is 5.75 Å². The SMILES string of the molecule is O=C(CC1CCCO1)Oc1cc(C(=O)OCC2CCCO2)cc(C(=O)OCC2CCCO2)c1. The molecule has 3 fully saturated rings. The molecular formula is C24H30O9. The fraction of sp³-hybridized carbons (Fsp3) is 0.625. The lowest BCUT2D eigenvalue weighted by molar-refractivity contribution is -0.136. The topological polar surface area (TPSA) is 107 Å². The molecule has 0 aromatic heterocycles. The van der Waals surface area contributed by atoms with E-state index in [1.54, 1.807) is 0 Å². The first-order valence-corrected chi connectivity index (χ1v) is 11.6. The molecule has 3 unspecified atom stereocenters. The smallest absolute Gasteiger partial charge is 0.338 e. The molecule has 1 aromatic rings. The average Bonchev–Trinajstić information content (AvgIpc) is 3.59. The Balaban J connectivity index is 1.43. The third-order valence-corrected chi connectivity index (χ3v) is 5.88. The summed E-state index contributed by atoms with van der Waals surface area (Å²) in [5, 5.41) is 0. The van der Waals surface area contributed by atoms with Gasteiger partial charge in [-0.2, -0.15) is 0 Å². The van der Waals surface area contributed by atoms with Crippen molar-refractivity contribution < 1.29 is 42.8 Å². The van der Waals surface area contributed by atoms with Crippen molar-refractivity contribution in [3.63, 3.8) is 0 Å². The molecule has 3 aliphatic heterocycles. The lowest BCUT2D eigenvalue weighted by Crippen LogP contribution is -2.20. The van der Waals surface area contributed by atoms with Gasteiger partial charge >= 0.3 is 17.9 Å². The Hall–Kier alpha value is -2.49. The van der Waals surface area contributed by atoms with Crippen LogP contribution in [0.15, 0.2) is 18.2 Å². The van der Waals surface area contributed by atoms with Crippen LogP contribution in [-0.2, 0) is 28.5 Å². The number of esters is 3. The van der Waals surface area contributed by atoms with Crippen LogP contribution in [0.4, 0.5) is 0 Å². The van der Waals surface area contributed by atoms with E-state index in [2.05, 4.69) is 0 Å². The van der Waals surface area contributed by atoms with E-state index < -0.39 is 17.9 Å². The van der Waals surface area contributed by atoms with E-state index in [0.717, 1.165) is 38.5 Å². The van der Waals surface area contributed by atoms with Crippen molar-refractivity contribution in [3.05, 3.63) is 29.3 Å². The van der Waals surface area contributed by atoms with Crippen LogP contribution in [0.5, 0.6) is 5.75 Å². The van der Waals surface area contributed by atoms with E-state index in [4.69, 9.17) is 28.4 Å². The highest BCUT2D eigenvalue weighted by Crippen LogP contribution is 2.23. The van der Waals surface area contributed by atoms with Crippen LogP contribution >= 0.6 is 0 Å². The molecule has 9 nitrogen and oxygen atoms in total. The molecule has 0 spiro atoms. The van der Waals surface area contributed by atoms with Crippen LogP contribution in [0.3, 0.4) is 0 Å². The highest BCUT2D eigenvalue weighted by molar-refractivity contribution is 5.96. The third kappa shape index (κ3) is 6.99. The first-order chi connectivity index (χ1) is 16.1. The molecule has 3 saturated heterocycles. The number of hydrogen-bond donors (Lipinski definition) is 0. The third-order valence-electron chi connectivity index (χ3n) is 5.88. The summed E-state index contributed by atoms with van der Waals surface area (Å²) in [5.41, 5.74) is 0.193. The maximum atomic E-state index is 12.6. The Kier molecular flexibility index (Phi) is 8.30. The van der Waals surface area contributed by atoms with Crippen molar-refractivity contribution in [1.29, 1.82) is 0 Å². The summed E-state index contributed by atoms with van der Waals surface area (Å²) in [6, 6.07) is 4.16. The molecule has 3 atom stereocenters. The molecular weight excluding hydrogens is 432 g/mol. The predicted octanol–water partition coefficient (Wildman–Crippen LogP) is 2.83. The number of hydrogen-bond acceptors (Lipinski definition) is 9. The fourth-order valence-corrected chi connectivity index (χ4v) is 4.11. The standard InChI is InChI=1S/C24H30O9/c25-22(13-18-4-1-7-28-18)33-21-11-16(23(26)31-14-19-5-2-8-29-19)10-17(12-21)24(27)32-15-20-6-3-9-30-20/h10-12,18-20H,1-9,13-15H2.